The first-order valence-electron chi connectivity index (χ1n) is 8.75. The van der Waals surface area contributed by atoms with E-state index in [2.05, 4.69) is 35.1 Å². The third kappa shape index (κ3) is 6.36. The summed E-state index contributed by atoms with van der Waals surface area (Å²) in [6.45, 7) is 3.90. The topological polar surface area (TPSA) is 66.5 Å². The number of para-hydroxylation sites is 1. The first-order valence-corrected chi connectivity index (χ1v) is 11.4. The smallest absolute Gasteiger partial charge is 0.241 e. The Morgan fingerprint density at radius 1 is 1.07 bits per heavy atom. The van der Waals surface area contributed by atoms with Gasteiger partial charge in [0.2, 0.25) is 15.9 Å². The minimum atomic E-state index is -3.62. The van der Waals surface area contributed by atoms with Crippen LogP contribution in [0.15, 0.2) is 59.1 Å². The van der Waals surface area contributed by atoms with Crippen LogP contribution >= 0.6 is 15.9 Å². The van der Waals surface area contributed by atoms with E-state index in [1.165, 1.54) is 0 Å². The Morgan fingerprint density at radius 3 is 2.22 bits per heavy atom. The molecule has 1 unspecified atom stereocenters. The van der Waals surface area contributed by atoms with Gasteiger partial charge in [-0.25, -0.2) is 8.42 Å². The number of carbonyl (C=O) groups is 1. The zero-order chi connectivity index (χ0) is 20.0. The summed E-state index contributed by atoms with van der Waals surface area (Å²) in [6, 6.07) is 16.5. The fourth-order valence-corrected chi connectivity index (χ4v) is 4.33. The number of hydrogen-bond acceptors (Lipinski definition) is 3. The molecule has 0 fully saturated rings. The molecule has 0 spiro atoms. The van der Waals surface area contributed by atoms with Gasteiger partial charge in [0.05, 0.1) is 18.0 Å². The lowest BCUT2D eigenvalue weighted by Gasteiger charge is -2.26. The molecule has 0 aliphatic rings. The number of amides is 1. The normalized spacial score (nSPS) is 12.6. The highest BCUT2D eigenvalue weighted by molar-refractivity contribution is 9.10. The standard InChI is InChI=1S/C20H25BrN2O3S/c1-15(2)13-18(16-9-5-4-6-10-16)22-20(24)14-23(27(3,25)26)19-12-8-7-11-17(19)21/h4-12,15,18H,13-14H2,1-3H3,(H,22,24). The van der Waals surface area contributed by atoms with E-state index in [1.807, 2.05) is 30.3 Å². The van der Waals surface area contributed by atoms with Gasteiger partial charge in [0.1, 0.15) is 6.54 Å². The number of halogens is 1. The van der Waals surface area contributed by atoms with Crippen molar-refractivity contribution in [1.82, 2.24) is 5.32 Å². The molecule has 0 radical (unpaired) electrons. The number of anilines is 1. The van der Waals surface area contributed by atoms with Crippen molar-refractivity contribution in [1.29, 1.82) is 0 Å². The van der Waals surface area contributed by atoms with Crippen LogP contribution in [-0.4, -0.2) is 27.1 Å². The van der Waals surface area contributed by atoms with E-state index in [4.69, 9.17) is 0 Å². The highest BCUT2D eigenvalue weighted by Gasteiger charge is 2.24. The fourth-order valence-electron chi connectivity index (χ4n) is 2.84. The van der Waals surface area contributed by atoms with Gasteiger partial charge in [0.15, 0.2) is 0 Å². The van der Waals surface area contributed by atoms with Crippen LogP contribution in [0.5, 0.6) is 0 Å². The largest absolute Gasteiger partial charge is 0.348 e. The van der Waals surface area contributed by atoms with E-state index in [-0.39, 0.29) is 18.5 Å². The van der Waals surface area contributed by atoms with Crippen LogP contribution < -0.4 is 9.62 Å². The first-order chi connectivity index (χ1) is 12.7. The van der Waals surface area contributed by atoms with Crippen molar-refractivity contribution in [3.63, 3.8) is 0 Å². The second-order valence-electron chi connectivity index (χ2n) is 6.88. The highest BCUT2D eigenvalue weighted by atomic mass is 79.9. The molecule has 0 aliphatic heterocycles. The molecule has 5 nitrogen and oxygen atoms in total. The number of sulfonamides is 1. The fraction of sp³-hybridized carbons (Fsp3) is 0.350. The number of benzene rings is 2. The van der Waals surface area contributed by atoms with Gasteiger partial charge in [-0.3, -0.25) is 9.10 Å². The van der Waals surface area contributed by atoms with Crippen molar-refractivity contribution in [3.05, 3.63) is 64.6 Å². The van der Waals surface area contributed by atoms with E-state index >= 15 is 0 Å². The molecule has 0 saturated heterocycles. The molecular formula is C20H25BrN2O3S. The van der Waals surface area contributed by atoms with E-state index in [1.54, 1.807) is 24.3 Å². The Labute approximate surface area is 170 Å². The Morgan fingerprint density at radius 2 is 1.67 bits per heavy atom. The van der Waals surface area contributed by atoms with Gasteiger partial charge in [0, 0.05) is 4.47 Å². The minimum Gasteiger partial charge on any atom is -0.348 e. The first kappa shape index (κ1) is 21.4. The third-order valence-electron chi connectivity index (χ3n) is 4.05. The van der Waals surface area contributed by atoms with Gasteiger partial charge < -0.3 is 5.32 Å². The van der Waals surface area contributed by atoms with Crippen LogP contribution in [0.2, 0.25) is 0 Å². The maximum Gasteiger partial charge on any atom is 0.241 e. The van der Waals surface area contributed by atoms with E-state index in [9.17, 15) is 13.2 Å². The van der Waals surface area contributed by atoms with Crippen LogP contribution in [0.1, 0.15) is 31.9 Å². The van der Waals surface area contributed by atoms with Gasteiger partial charge in [-0.1, -0.05) is 56.3 Å². The van der Waals surface area contributed by atoms with E-state index in [0.717, 1.165) is 22.5 Å². The molecule has 27 heavy (non-hydrogen) atoms. The second kappa shape index (κ2) is 9.37. The molecule has 1 amide bonds. The predicted octanol–water partition coefficient (Wildman–Crippen LogP) is 4.12. The molecular weight excluding hydrogens is 428 g/mol. The summed E-state index contributed by atoms with van der Waals surface area (Å²) >= 11 is 3.36. The number of carbonyl (C=O) groups excluding carboxylic acids is 1. The average Bonchev–Trinajstić information content (AvgIpc) is 2.59. The molecule has 0 heterocycles. The van der Waals surface area contributed by atoms with Gasteiger partial charge in [-0.2, -0.15) is 0 Å². The molecule has 1 N–H and O–H groups in total. The quantitative estimate of drug-likeness (QED) is 0.654. The van der Waals surface area contributed by atoms with Gasteiger partial charge in [0.25, 0.3) is 0 Å². The van der Waals surface area contributed by atoms with Gasteiger partial charge >= 0.3 is 0 Å². The molecule has 0 aromatic heterocycles. The van der Waals surface area contributed by atoms with E-state index < -0.39 is 10.0 Å². The minimum absolute atomic E-state index is 0.167. The van der Waals surface area contributed by atoms with Crippen LogP contribution in [0, 0.1) is 5.92 Å². The van der Waals surface area contributed by atoms with Crippen LogP contribution in [-0.2, 0) is 14.8 Å². The summed E-state index contributed by atoms with van der Waals surface area (Å²) in [5, 5.41) is 3.00. The maximum absolute atomic E-state index is 12.7. The molecule has 146 valence electrons. The summed E-state index contributed by atoms with van der Waals surface area (Å²) in [7, 11) is -3.62. The lowest BCUT2D eigenvalue weighted by Crippen LogP contribution is -2.42. The SMILES string of the molecule is CC(C)CC(NC(=O)CN(c1ccccc1Br)S(C)(=O)=O)c1ccccc1. The van der Waals surface area contributed by atoms with Crippen molar-refractivity contribution >= 4 is 37.5 Å². The van der Waals surface area contributed by atoms with Crippen LogP contribution in [0.25, 0.3) is 0 Å². The highest BCUT2D eigenvalue weighted by Crippen LogP contribution is 2.28. The average molecular weight is 453 g/mol. The Hall–Kier alpha value is -1.86. The second-order valence-corrected chi connectivity index (χ2v) is 9.64. The van der Waals surface area contributed by atoms with Gasteiger partial charge in [-0.05, 0) is 46.0 Å². The molecule has 0 aliphatic carbocycles. The molecule has 7 heteroatoms. The number of nitrogens with zero attached hydrogens (tertiary/aromatic N) is 1. The molecule has 1 atom stereocenters. The Bertz CT molecular complexity index is 870. The summed E-state index contributed by atoms with van der Waals surface area (Å²) < 4.78 is 26.3. The molecule has 2 aromatic carbocycles. The zero-order valence-electron chi connectivity index (χ0n) is 15.7. The summed E-state index contributed by atoms with van der Waals surface area (Å²) in [6.07, 6.45) is 1.87. The van der Waals surface area contributed by atoms with Gasteiger partial charge in [-0.15, -0.1) is 0 Å². The lowest BCUT2D eigenvalue weighted by molar-refractivity contribution is -0.120. The summed E-state index contributed by atoms with van der Waals surface area (Å²) in [4.78, 5) is 12.7. The monoisotopic (exact) mass is 452 g/mol. The molecule has 2 rings (SSSR count). The number of hydrogen-bond donors (Lipinski definition) is 1. The van der Waals surface area contributed by atoms with Crippen molar-refractivity contribution in [2.75, 3.05) is 17.1 Å². The van der Waals surface area contributed by atoms with Crippen molar-refractivity contribution < 1.29 is 13.2 Å². The maximum atomic E-state index is 12.7. The summed E-state index contributed by atoms with van der Waals surface area (Å²) in [5.41, 5.74) is 1.45. The molecule has 2 aromatic rings. The number of nitrogens with one attached hydrogen (secondary N) is 1. The van der Waals surface area contributed by atoms with Crippen molar-refractivity contribution in [2.24, 2.45) is 5.92 Å². The molecule has 0 bridgehead atoms. The Kier molecular flexibility index (Phi) is 7.44. The predicted molar refractivity (Wildman–Crippen MR) is 113 cm³/mol. The third-order valence-corrected chi connectivity index (χ3v) is 5.85. The van der Waals surface area contributed by atoms with Crippen molar-refractivity contribution in [3.8, 4) is 0 Å². The van der Waals surface area contributed by atoms with Crippen LogP contribution in [0.4, 0.5) is 5.69 Å². The van der Waals surface area contributed by atoms with Crippen molar-refractivity contribution in [2.45, 2.75) is 26.3 Å². The Balaban J connectivity index is 2.22. The summed E-state index contributed by atoms with van der Waals surface area (Å²) in [5.74, 6) is 0.0375. The number of rotatable bonds is 8. The molecule has 0 saturated carbocycles. The van der Waals surface area contributed by atoms with E-state index in [0.29, 0.717) is 16.1 Å². The lowest BCUT2D eigenvalue weighted by atomic mass is 9.97. The zero-order valence-corrected chi connectivity index (χ0v) is 18.1. The van der Waals surface area contributed by atoms with Crippen LogP contribution in [0.3, 0.4) is 0 Å².